The number of sulfonamides is 1. The van der Waals surface area contributed by atoms with E-state index in [-0.39, 0.29) is 12.2 Å². The number of rotatable bonds is 11. The number of aromatic nitrogens is 2. The van der Waals surface area contributed by atoms with Crippen molar-refractivity contribution in [2.75, 3.05) is 24.4 Å². The summed E-state index contributed by atoms with van der Waals surface area (Å²) in [7, 11) is -4.22. The Morgan fingerprint density at radius 1 is 1.08 bits per heavy atom. The average Bonchev–Trinajstić information content (AvgIpc) is 3.25. The molecule has 8 nitrogen and oxygen atoms in total. The summed E-state index contributed by atoms with van der Waals surface area (Å²) in [6.45, 7) is 3.09. The van der Waals surface area contributed by atoms with Gasteiger partial charge in [-0.05, 0) is 48.4 Å². The summed E-state index contributed by atoms with van der Waals surface area (Å²) < 4.78 is 59.9. The van der Waals surface area contributed by atoms with E-state index in [1.54, 1.807) is 12.1 Å². The van der Waals surface area contributed by atoms with Crippen molar-refractivity contribution in [3.8, 4) is 5.75 Å². The Morgan fingerprint density at radius 2 is 1.86 bits per heavy atom. The maximum absolute atomic E-state index is 13.4. The molecule has 190 valence electrons. The molecule has 3 aromatic carbocycles. The van der Waals surface area contributed by atoms with E-state index in [4.69, 9.17) is 4.74 Å². The van der Waals surface area contributed by atoms with Gasteiger partial charge >= 0.3 is 0 Å². The van der Waals surface area contributed by atoms with E-state index < -0.39 is 32.7 Å². The summed E-state index contributed by atoms with van der Waals surface area (Å²) in [4.78, 5) is -0.537. The van der Waals surface area contributed by atoms with Gasteiger partial charge in [0.25, 0.3) is 10.0 Å². The van der Waals surface area contributed by atoms with Crippen molar-refractivity contribution in [3.63, 3.8) is 0 Å². The van der Waals surface area contributed by atoms with Gasteiger partial charge in [0.2, 0.25) is 0 Å². The molecule has 0 bridgehead atoms. The van der Waals surface area contributed by atoms with Crippen molar-refractivity contribution in [2.24, 2.45) is 0 Å². The Hall–Kier alpha value is -3.54. The third kappa shape index (κ3) is 6.17. The molecule has 1 heterocycles. The van der Waals surface area contributed by atoms with Gasteiger partial charge in [0, 0.05) is 36.3 Å². The molecule has 0 spiro atoms. The van der Waals surface area contributed by atoms with Gasteiger partial charge < -0.3 is 15.2 Å². The third-order valence-electron chi connectivity index (χ3n) is 5.50. The lowest BCUT2D eigenvalue weighted by Crippen LogP contribution is -2.26. The fourth-order valence-corrected chi connectivity index (χ4v) is 4.81. The van der Waals surface area contributed by atoms with E-state index in [0.29, 0.717) is 30.5 Å². The number of hydrogen-bond acceptors (Lipinski definition) is 6. The first-order chi connectivity index (χ1) is 17.2. The number of aliphatic hydroxyl groups excluding tert-OH is 1. The number of nitrogens with one attached hydrogen (secondary N) is 3. The van der Waals surface area contributed by atoms with Crippen molar-refractivity contribution in [1.82, 2.24) is 15.5 Å². The number of ether oxygens (including phenoxy) is 1. The Kier molecular flexibility index (Phi) is 7.82. The zero-order valence-electron chi connectivity index (χ0n) is 19.5. The highest BCUT2D eigenvalue weighted by molar-refractivity contribution is 7.92. The summed E-state index contributed by atoms with van der Waals surface area (Å²) in [5.74, 6) is -1.29. The normalized spacial score (nSPS) is 12.6. The topological polar surface area (TPSA) is 116 Å². The highest BCUT2D eigenvalue weighted by Gasteiger charge is 2.17. The Morgan fingerprint density at radius 3 is 2.61 bits per heavy atom. The Balaban J connectivity index is 1.28. The van der Waals surface area contributed by atoms with Crippen LogP contribution < -0.4 is 14.8 Å². The summed E-state index contributed by atoms with van der Waals surface area (Å²) in [6.07, 6.45) is -0.0799. The van der Waals surface area contributed by atoms with Crippen molar-refractivity contribution < 1.29 is 27.0 Å². The van der Waals surface area contributed by atoms with Gasteiger partial charge in [-0.15, -0.1) is 0 Å². The highest BCUT2D eigenvalue weighted by atomic mass is 32.2. The Bertz CT molecular complexity index is 1440. The number of aliphatic hydroxyl groups is 1. The van der Waals surface area contributed by atoms with E-state index in [2.05, 4.69) is 20.2 Å². The van der Waals surface area contributed by atoms with Crippen LogP contribution in [0.3, 0.4) is 0 Å². The highest BCUT2D eigenvalue weighted by Crippen LogP contribution is 2.23. The van der Waals surface area contributed by atoms with Crippen LogP contribution in [0.1, 0.15) is 24.3 Å². The first kappa shape index (κ1) is 25.5. The molecule has 0 saturated carbocycles. The van der Waals surface area contributed by atoms with Crippen LogP contribution >= 0.6 is 0 Å². The smallest absolute Gasteiger partial charge is 0.262 e. The van der Waals surface area contributed by atoms with Gasteiger partial charge in [-0.1, -0.05) is 19.1 Å². The maximum Gasteiger partial charge on any atom is 0.262 e. The number of aromatic amines is 1. The second kappa shape index (κ2) is 11.0. The molecule has 11 heteroatoms. The van der Waals surface area contributed by atoms with Gasteiger partial charge in [0.1, 0.15) is 24.0 Å². The van der Waals surface area contributed by atoms with E-state index in [1.165, 1.54) is 12.1 Å². The lowest BCUT2D eigenvalue weighted by molar-refractivity contribution is 0.172. The monoisotopic (exact) mass is 516 g/mol. The summed E-state index contributed by atoms with van der Waals surface area (Å²) >= 11 is 0. The van der Waals surface area contributed by atoms with Crippen molar-refractivity contribution in [3.05, 3.63) is 83.6 Å². The molecule has 0 aliphatic heterocycles. The number of hydrogen-bond donors (Lipinski definition) is 4. The number of benzene rings is 3. The standard InChI is InChI=1S/C25H26F2N4O4S/c1-2-23-22-7-6-20(14-24(22)30-29-23)35-9-8-28-15-25(32)16-4-3-5-19(10-16)31-36(33,34)21-12-17(26)11-18(27)13-21/h3-7,10-14,25,28,31-32H,2,8-9,15H2,1H3,(H,29,30). The minimum absolute atomic E-state index is 0.153. The molecular weight excluding hydrogens is 490 g/mol. The molecule has 0 aliphatic rings. The summed E-state index contributed by atoms with van der Waals surface area (Å²) in [6, 6.07) is 13.9. The van der Waals surface area contributed by atoms with Gasteiger partial charge in [-0.3, -0.25) is 9.82 Å². The maximum atomic E-state index is 13.4. The fourth-order valence-electron chi connectivity index (χ4n) is 3.72. The molecule has 1 aromatic heterocycles. The van der Waals surface area contributed by atoms with Crippen LogP contribution in [-0.4, -0.2) is 43.4 Å². The van der Waals surface area contributed by atoms with Crippen molar-refractivity contribution in [2.45, 2.75) is 24.3 Å². The van der Waals surface area contributed by atoms with Gasteiger partial charge in [0.05, 0.1) is 22.2 Å². The van der Waals surface area contributed by atoms with Crippen molar-refractivity contribution in [1.29, 1.82) is 0 Å². The summed E-state index contributed by atoms with van der Waals surface area (Å²) in [5, 5.41) is 21.9. The third-order valence-corrected chi connectivity index (χ3v) is 6.86. The lowest BCUT2D eigenvalue weighted by atomic mass is 10.1. The fraction of sp³-hybridized carbons (Fsp3) is 0.240. The number of aryl methyl sites for hydroxylation is 1. The lowest BCUT2D eigenvalue weighted by Gasteiger charge is -2.15. The first-order valence-electron chi connectivity index (χ1n) is 11.3. The van der Waals surface area contributed by atoms with E-state index >= 15 is 0 Å². The largest absolute Gasteiger partial charge is 0.492 e. The van der Waals surface area contributed by atoms with E-state index in [0.717, 1.165) is 35.2 Å². The SMILES string of the molecule is CCc1n[nH]c2cc(OCCNCC(O)c3cccc(NS(=O)(=O)c4cc(F)cc(F)c4)c3)ccc12. The zero-order valence-corrected chi connectivity index (χ0v) is 20.3. The minimum atomic E-state index is -4.22. The molecule has 1 unspecified atom stereocenters. The van der Waals surface area contributed by atoms with Gasteiger partial charge in [0.15, 0.2) is 0 Å². The predicted octanol–water partition coefficient (Wildman–Crippen LogP) is 3.91. The van der Waals surface area contributed by atoms with Crippen LogP contribution in [-0.2, 0) is 16.4 Å². The quantitative estimate of drug-likeness (QED) is 0.225. The number of H-pyrrole nitrogens is 1. The second-order valence-electron chi connectivity index (χ2n) is 8.14. The van der Waals surface area contributed by atoms with Crippen LogP contribution in [0, 0.1) is 11.6 Å². The van der Waals surface area contributed by atoms with Crippen molar-refractivity contribution >= 4 is 26.6 Å². The van der Waals surface area contributed by atoms with Crippen LogP contribution in [0.15, 0.2) is 65.6 Å². The van der Waals surface area contributed by atoms with E-state index in [9.17, 15) is 22.3 Å². The molecule has 0 saturated heterocycles. The molecule has 36 heavy (non-hydrogen) atoms. The minimum Gasteiger partial charge on any atom is -0.492 e. The summed E-state index contributed by atoms with van der Waals surface area (Å²) in [5.41, 5.74) is 2.53. The second-order valence-corrected chi connectivity index (χ2v) is 9.82. The molecule has 0 amide bonds. The number of nitrogens with zero attached hydrogens (tertiary/aromatic N) is 1. The molecule has 4 rings (SSSR count). The van der Waals surface area contributed by atoms with Crippen LogP contribution in [0.2, 0.25) is 0 Å². The molecule has 4 N–H and O–H groups in total. The first-order valence-corrected chi connectivity index (χ1v) is 12.8. The molecule has 4 aromatic rings. The number of fused-ring (bicyclic) bond motifs is 1. The molecule has 0 radical (unpaired) electrons. The predicted molar refractivity (Wildman–Crippen MR) is 132 cm³/mol. The Labute approximate surface area is 207 Å². The number of anilines is 1. The zero-order chi connectivity index (χ0) is 25.7. The van der Waals surface area contributed by atoms with Gasteiger partial charge in [-0.25, -0.2) is 17.2 Å². The van der Waals surface area contributed by atoms with Crippen LogP contribution in [0.4, 0.5) is 14.5 Å². The molecule has 0 aliphatic carbocycles. The van der Waals surface area contributed by atoms with Gasteiger partial charge in [-0.2, -0.15) is 5.10 Å². The van der Waals surface area contributed by atoms with E-state index in [1.807, 2.05) is 25.1 Å². The average molecular weight is 517 g/mol. The number of halogens is 2. The molecular formula is C25H26F2N4O4S. The molecule has 1 atom stereocenters. The van der Waals surface area contributed by atoms with Crippen LogP contribution in [0.25, 0.3) is 10.9 Å². The molecule has 0 fully saturated rings. The van der Waals surface area contributed by atoms with Crippen LogP contribution in [0.5, 0.6) is 5.75 Å².